The van der Waals surface area contributed by atoms with Crippen molar-refractivity contribution in [3.63, 3.8) is 0 Å². The molecule has 0 aliphatic heterocycles. The van der Waals surface area contributed by atoms with Gasteiger partial charge in [-0.25, -0.2) is 0 Å². The maximum absolute atomic E-state index is 12.2. The van der Waals surface area contributed by atoms with Crippen molar-refractivity contribution in [3.8, 4) is 0 Å². The van der Waals surface area contributed by atoms with E-state index in [0.717, 1.165) is 11.1 Å². The fourth-order valence-electron chi connectivity index (χ4n) is 2.42. The summed E-state index contributed by atoms with van der Waals surface area (Å²) in [7, 11) is 3.45. The summed E-state index contributed by atoms with van der Waals surface area (Å²) in [6.07, 6.45) is 0.654. The lowest BCUT2D eigenvalue weighted by molar-refractivity contribution is 0.0827. The van der Waals surface area contributed by atoms with Gasteiger partial charge in [0.25, 0.3) is 11.8 Å². The van der Waals surface area contributed by atoms with Crippen LogP contribution < -0.4 is 11.1 Å². The number of nitrogens with one attached hydrogen (secondary N) is 1. The Morgan fingerprint density at radius 3 is 2.58 bits per heavy atom. The van der Waals surface area contributed by atoms with E-state index < -0.39 is 0 Å². The molecule has 0 aliphatic carbocycles. The number of hydrogen-bond donors (Lipinski definition) is 2. The van der Waals surface area contributed by atoms with E-state index in [-0.39, 0.29) is 11.8 Å². The first kappa shape index (κ1) is 17.5. The van der Waals surface area contributed by atoms with Crippen molar-refractivity contribution in [3.05, 3.63) is 64.7 Å². The number of nitrogens with two attached hydrogens (primary N) is 1. The van der Waals surface area contributed by atoms with Crippen molar-refractivity contribution in [1.29, 1.82) is 0 Å². The van der Waals surface area contributed by atoms with E-state index in [1.165, 1.54) is 0 Å². The number of benzene rings is 2. The number of carbonyl (C=O) groups is 2. The SMILES string of the molecule is Cc1ccc(N)cc1C(=O)NCCc1cccc(C(=O)N(C)C)c1. The minimum absolute atomic E-state index is 0.0312. The summed E-state index contributed by atoms with van der Waals surface area (Å²) in [5.41, 5.74) is 9.44. The second-order valence-electron chi connectivity index (χ2n) is 5.98. The normalized spacial score (nSPS) is 10.3. The molecule has 2 aromatic carbocycles. The average molecular weight is 325 g/mol. The van der Waals surface area contributed by atoms with Crippen LogP contribution in [0, 0.1) is 6.92 Å². The molecule has 0 unspecified atom stereocenters. The van der Waals surface area contributed by atoms with Gasteiger partial charge in [-0.15, -0.1) is 0 Å². The molecule has 0 heterocycles. The molecule has 0 aromatic heterocycles. The number of aryl methyl sites for hydroxylation is 1. The van der Waals surface area contributed by atoms with Crippen LogP contribution in [0.3, 0.4) is 0 Å². The first-order chi connectivity index (χ1) is 11.4. The molecule has 3 N–H and O–H groups in total. The third-order valence-corrected chi connectivity index (χ3v) is 3.79. The number of carbonyl (C=O) groups excluding carboxylic acids is 2. The molecule has 0 atom stereocenters. The van der Waals surface area contributed by atoms with Crippen LogP contribution in [-0.4, -0.2) is 37.4 Å². The Hall–Kier alpha value is -2.82. The first-order valence-electron chi connectivity index (χ1n) is 7.83. The number of nitrogen functional groups attached to an aromatic ring is 1. The van der Waals surface area contributed by atoms with E-state index in [4.69, 9.17) is 5.73 Å². The highest BCUT2D eigenvalue weighted by atomic mass is 16.2. The van der Waals surface area contributed by atoms with Gasteiger partial charge in [-0.05, 0) is 48.7 Å². The van der Waals surface area contributed by atoms with E-state index in [1.807, 2.05) is 31.2 Å². The lowest BCUT2D eigenvalue weighted by Crippen LogP contribution is -2.26. The van der Waals surface area contributed by atoms with Crippen molar-refractivity contribution >= 4 is 17.5 Å². The van der Waals surface area contributed by atoms with Crippen LogP contribution in [0.4, 0.5) is 5.69 Å². The molecule has 0 saturated heterocycles. The zero-order chi connectivity index (χ0) is 17.7. The van der Waals surface area contributed by atoms with Gasteiger partial charge in [0, 0.05) is 37.5 Å². The Morgan fingerprint density at radius 1 is 1.12 bits per heavy atom. The molecule has 2 rings (SSSR count). The Balaban J connectivity index is 1.97. The van der Waals surface area contributed by atoms with Crippen LogP contribution in [-0.2, 0) is 6.42 Å². The fourth-order valence-corrected chi connectivity index (χ4v) is 2.42. The molecule has 2 amide bonds. The zero-order valence-corrected chi connectivity index (χ0v) is 14.3. The second kappa shape index (κ2) is 7.64. The van der Waals surface area contributed by atoms with Gasteiger partial charge in [0.1, 0.15) is 0 Å². The predicted molar refractivity (Wildman–Crippen MR) is 96.1 cm³/mol. The lowest BCUT2D eigenvalue weighted by Gasteiger charge is -2.12. The third-order valence-electron chi connectivity index (χ3n) is 3.79. The molecule has 0 fully saturated rings. The Morgan fingerprint density at radius 2 is 1.88 bits per heavy atom. The minimum Gasteiger partial charge on any atom is -0.399 e. The highest BCUT2D eigenvalue weighted by Gasteiger charge is 2.10. The van der Waals surface area contributed by atoms with Gasteiger partial charge in [-0.3, -0.25) is 9.59 Å². The van der Waals surface area contributed by atoms with Crippen LogP contribution in [0.15, 0.2) is 42.5 Å². The summed E-state index contributed by atoms with van der Waals surface area (Å²) < 4.78 is 0. The van der Waals surface area contributed by atoms with Gasteiger partial charge < -0.3 is 16.0 Å². The summed E-state index contributed by atoms with van der Waals surface area (Å²) in [5.74, 6) is -0.170. The predicted octanol–water partition coefficient (Wildman–Crippen LogP) is 2.25. The smallest absolute Gasteiger partial charge is 0.253 e. The van der Waals surface area contributed by atoms with Crippen molar-refractivity contribution in [2.75, 3.05) is 26.4 Å². The topological polar surface area (TPSA) is 75.4 Å². The highest BCUT2D eigenvalue weighted by molar-refractivity contribution is 5.96. The van der Waals surface area contributed by atoms with Crippen molar-refractivity contribution in [2.45, 2.75) is 13.3 Å². The van der Waals surface area contributed by atoms with Crippen molar-refractivity contribution in [2.24, 2.45) is 0 Å². The summed E-state index contributed by atoms with van der Waals surface area (Å²) in [6, 6.07) is 12.8. The Labute approximate surface area is 142 Å². The van der Waals surface area contributed by atoms with Gasteiger partial charge in [-0.2, -0.15) is 0 Å². The standard InChI is InChI=1S/C19H23N3O2/c1-13-7-8-16(20)12-17(13)18(23)21-10-9-14-5-4-6-15(11-14)19(24)22(2)3/h4-8,11-12H,9-10,20H2,1-3H3,(H,21,23). The third kappa shape index (κ3) is 4.35. The van der Waals surface area contributed by atoms with Crippen molar-refractivity contribution in [1.82, 2.24) is 10.2 Å². The molecular formula is C19H23N3O2. The molecule has 0 bridgehead atoms. The summed E-state index contributed by atoms with van der Waals surface area (Å²) >= 11 is 0. The Kier molecular flexibility index (Phi) is 5.58. The summed E-state index contributed by atoms with van der Waals surface area (Å²) in [5, 5.41) is 2.90. The number of amides is 2. The van der Waals surface area contributed by atoms with Crippen LogP contribution in [0.25, 0.3) is 0 Å². The largest absolute Gasteiger partial charge is 0.399 e. The van der Waals surface area contributed by atoms with Gasteiger partial charge in [-0.1, -0.05) is 18.2 Å². The fraction of sp³-hybridized carbons (Fsp3) is 0.263. The van der Waals surface area contributed by atoms with E-state index in [2.05, 4.69) is 5.32 Å². The number of rotatable bonds is 5. The molecule has 0 spiro atoms. The Bertz CT molecular complexity index is 754. The number of hydrogen-bond acceptors (Lipinski definition) is 3. The van der Waals surface area contributed by atoms with E-state index in [1.54, 1.807) is 37.2 Å². The molecule has 5 heteroatoms. The first-order valence-corrected chi connectivity index (χ1v) is 7.83. The summed E-state index contributed by atoms with van der Waals surface area (Å²) in [6.45, 7) is 2.37. The van der Waals surface area contributed by atoms with E-state index >= 15 is 0 Å². The van der Waals surface area contributed by atoms with Gasteiger partial charge in [0.05, 0.1) is 0 Å². The number of nitrogens with zero attached hydrogens (tertiary/aromatic N) is 1. The van der Waals surface area contributed by atoms with Crippen LogP contribution >= 0.6 is 0 Å². The molecule has 5 nitrogen and oxygen atoms in total. The van der Waals surface area contributed by atoms with Gasteiger partial charge in [0.15, 0.2) is 0 Å². The molecule has 0 radical (unpaired) electrons. The molecule has 24 heavy (non-hydrogen) atoms. The monoisotopic (exact) mass is 325 g/mol. The van der Waals surface area contributed by atoms with Gasteiger partial charge >= 0.3 is 0 Å². The van der Waals surface area contributed by atoms with Crippen LogP contribution in [0.2, 0.25) is 0 Å². The molecule has 126 valence electrons. The molecule has 0 aliphatic rings. The molecular weight excluding hydrogens is 302 g/mol. The zero-order valence-electron chi connectivity index (χ0n) is 14.3. The summed E-state index contributed by atoms with van der Waals surface area (Å²) in [4.78, 5) is 25.8. The van der Waals surface area contributed by atoms with Gasteiger partial charge in [0.2, 0.25) is 0 Å². The van der Waals surface area contributed by atoms with E-state index in [0.29, 0.717) is 29.8 Å². The van der Waals surface area contributed by atoms with E-state index in [9.17, 15) is 9.59 Å². The van der Waals surface area contributed by atoms with Crippen molar-refractivity contribution < 1.29 is 9.59 Å². The molecule has 0 saturated carbocycles. The number of anilines is 1. The quantitative estimate of drug-likeness (QED) is 0.828. The van der Waals surface area contributed by atoms with Crippen LogP contribution in [0.5, 0.6) is 0 Å². The maximum Gasteiger partial charge on any atom is 0.253 e. The average Bonchev–Trinajstić information content (AvgIpc) is 2.56. The van der Waals surface area contributed by atoms with Crippen LogP contribution in [0.1, 0.15) is 31.8 Å². The highest BCUT2D eigenvalue weighted by Crippen LogP contribution is 2.12. The molecule has 2 aromatic rings. The minimum atomic E-state index is -0.139. The lowest BCUT2D eigenvalue weighted by atomic mass is 10.1. The second-order valence-corrected chi connectivity index (χ2v) is 5.98. The maximum atomic E-state index is 12.2.